The molecule has 0 radical (unpaired) electrons. The highest BCUT2D eigenvalue weighted by molar-refractivity contribution is 5.76. The molecule has 0 aromatic rings. The van der Waals surface area contributed by atoms with Crippen LogP contribution in [0.25, 0.3) is 0 Å². The van der Waals surface area contributed by atoms with Crippen molar-refractivity contribution in [1.29, 1.82) is 0 Å². The van der Waals surface area contributed by atoms with Crippen LogP contribution in [0.4, 0.5) is 13.2 Å². The summed E-state index contributed by atoms with van der Waals surface area (Å²) in [6.45, 7) is 0.390. The molecule has 3 nitrogen and oxygen atoms in total. The fourth-order valence-corrected chi connectivity index (χ4v) is 1.06. The zero-order valence-electron chi connectivity index (χ0n) is 8.44. The van der Waals surface area contributed by atoms with Gasteiger partial charge in [-0.1, -0.05) is 12.8 Å². The maximum Gasteiger partial charge on any atom is 0.397 e. The molecule has 0 unspecified atom stereocenters. The van der Waals surface area contributed by atoms with E-state index in [1.165, 1.54) is 0 Å². The largest absolute Gasteiger partial charge is 0.397 e. The van der Waals surface area contributed by atoms with Gasteiger partial charge in [0.1, 0.15) is 6.42 Å². The summed E-state index contributed by atoms with van der Waals surface area (Å²) in [5.41, 5.74) is 0. The summed E-state index contributed by atoms with van der Waals surface area (Å²) in [5.74, 6) is -0.982. The molecule has 2 N–H and O–H groups in total. The lowest BCUT2D eigenvalue weighted by Crippen LogP contribution is -2.29. The fourth-order valence-electron chi connectivity index (χ4n) is 1.06. The lowest BCUT2D eigenvalue weighted by atomic mass is 10.2. The van der Waals surface area contributed by atoms with E-state index in [2.05, 4.69) is 5.32 Å². The molecule has 0 aromatic carbocycles. The third-order valence-electron chi connectivity index (χ3n) is 1.77. The molecular weight excluding hydrogens is 211 g/mol. The second kappa shape index (κ2) is 7.50. The van der Waals surface area contributed by atoms with Gasteiger partial charge in [-0.05, 0) is 12.8 Å². The van der Waals surface area contributed by atoms with Gasteiger partial charge in [-0.15, -0.1) is 0 Å². The van der Waals surface area contributed by atoms with Gasteiger partial charge in [0.15, 0.2) is 0 Å². The van der Waals surface area contributed by atoms with Crippen molar-refractivity contribution in [3.8, 4) is 0 Å². The molecule has 0 saturated heterocycles. The Morgan fingerprint density at radius 1 is 1.13 bits per heavy atom. The van der Waals surface area contributed by atoms with Crippen LogP contribution in [0, 0.1) is 0 Å². The van der Waals surface area contributed by atoms with Crippen molar-refractivity contribution < 1.29 is 23.1 Å². The number of carbonyl (C=O) groups excluding carboxylic acids is 1. The van der Waals surface area contributed by atoms with E-state index in [0.29, 0.717) is 12.8 Å². The van der Waals surface area contributed by atoms with Crippen LogP contribution in [0.15, 0.2) is 0 Å². The number of unbranched alkanes of at least 4 members (excludes halogenated alkanes) is 3. The Balaban J connectivity index is 3.32. The highest BCUT2D eigenvalue weighted by atomic mass is 19.4. The molecule has 0 fully saturated rings. The van der Waals surface area contributed by atoms with Gasteiger partial charge in [-0.3, -0.25) is 4.79 Å². The molecule has 0 aliphatic heterocycles. The molecule has 0 aromatic heterocycles. The van der Waals surface area contributed by atoms with E-state index in [1.54, 1.807) is 0 Å². The molecule has 6 heteroatoms. The predicted molar refractivity (Wildman–Crippen MR) is 49.2 cm³/mol. The number of alkyl halides is 3. The first kappa shape index (κ1) is 14.2. The standard InChI is InChI=1S/C9H16F3NO2/c10-9(11,12)7-8(15)13-5-3-1-2-4-6-14/h14H,1-7H2,(H,13,15). The van der Waals surface area contributed by atoms with Crippen molar-refractivity contribution in [3.63, 3.8) is 0 Å². The van der Waals surface area contributed by atoms with Crippen molar-refractivity contribution >= 4 is 5.91 Å². The van der Waals surface area contributed by atoms with Crippen molar-refractivity contribution in [1.82, 2.24) is 5.32 Å². The van der Waals surface area contributed by atoms with Gasteiger partial charge in [-0.25, -0.2) is 0 Å². The third kappa shape index (κ3) is 11.1. The average Bonchev–Trinajstić information content (AvgIpc) is 2.08. The number of aliphatic hydroxyl groups excluding tert-OH is 1. The van der Waals surface area contributed by atoms with Crippen LogP contribution in [0.3, 0.4) is 0 Å². The van der Waals surface area contributed by atoms with Gasteiger partial charge in [-0.2, -0.15) is 13.2 Å². The minimum absolute atomic E-state index is 0.125. The van der Waals surface area contributed by atoms with Crippen molar-refractivity contribution in [2.75, 3.05) is 13.2 Å². The first-order valence-corrected chi connectivity index (χ1v) is 4.90. The molecule has 0 atom stereocenters. The zero-order chi connectivity index (χ0) is 11.7. The van der Waals surface area contributed by atoms with Crippen molar-refractivity contribution in [2.45, 2.75) is 38.3 Å². The van der Waals surface area contributed by atoms with Crippen molar-refractivity contribution in [2.24, 2.45) is 0 Å². The Morgan fingerprint density at radius 3 is 2.27 bits per heavy atom. The van der Waals surface area contributed by atoms with Gasteiger partial charge >= 0.3 is 6.18 Å². The lowest BCUT2D eigenvalue weighted by molar-refractivity contribution is -0.153. The Morgan fingerprint density at radius 2 is 1.73 bits per heavy atom. The van der Waals surface area contributed by atoms with Crippen LogP contribution < -0.4 is 5.32 Å². The number of hydrogen-bond donors (Lipinski definition) is 2. The Hall–Kier alpha value is -0.780. The quantitative estimate of drug-likeness (QED) is 0.649. The number of hydrogen-bond acceptors (Lipinski definition) is 2. The molecule has 0 aliphatic carbocycles. The SMILES string of the molecule is O=C(CC(F)(F)F)NCCCCCCO. The van der Waals surface area contributed by atoms with Crippen LogP contribution in [-0.4, -0.2) is 30.3 Å². The molecule has 0 saturated carbocycles. The van der Waals surface area contributed by atoms with Gasteiger partial charge in [0.05, 0.1) is 0 Å². The molecule has 0 rings (SSSR count). The van der Waals surface area contributed by atoms with Gasteiger partial charge in [0.2, 0.25) is 5.91 Å². The van der Waals surface area contributed by atoms with Gasteiger partial charge < -0.3 is 10.4 Å². The Kier molecular flexibility index (Phi) is 7.11. The van der Waals surface area contributed by atoms with E-state index < -0.39 is 18.5 Å². The van der Waals surface area contributed by atoms with E-state index in [4.69, 9.17) is 5.11 Å². The Bertz CT molecular complexity index is 183. The first-order chi connectivity index (χ1) is 6.95. The second-order valence-corrected chi connectivity index (χ2v) is 3.28. The monoisotopic (exact) mass is 227 g/mol. The smallest absolute Gasteiger partial charge is 0.396 e. The summed E-state index contributed by atoms with van der Waals surface area (Å²) in [5, 5.41) is 10.6. The maximum atomic E-state index is 11.7. The molecule has 15 heavy (non-hydrogen) atoms. The second-order valence-electron chi connectivity index (χ2n) is 3.28. The predicted octanol–water partition coefficient (Wildman–Crippen LogP) is 1.61. The average molecular weight is 227 g/mol. The van der Waals surface area contributed by atoms with E-state index in [-0.39, 0.29) is 13.2 Å². The molecule has 1 amide bonds. The molecule has 0 aliphatic rings. The van der Waals surface area contributed by atoms with E-state index in [0.717, 1.165) is 12.8 Å². The molecular formula is C9H16F3NO2. The summed E-state index contributed by atoms with van der Waals surface area (Å²) in [7, 11) is 0. The fraction of sp³-hybridized carbons (Fsp3) is 0.889. The topological polar surface area (TPSA) is 49.3 Å². The lowest BCUT2D eigenvalue weighted by Gasteiger charge is -2.07. The summed E-state index contributed by atoms with van der Waals surface area (Å²) in [4.78, 5) is 10.7. The van der Waals surface area contributed by atoms with Gasteiger partial charge in [0, 0.05) is 13.2 Å². The first-order valence-electron chi connectivity index (χ1n) is 4.90. The third-order valence-corrected chi connectivity index (χ3v) is 1.77. The summed E-state index contributed by atoms with van der Waals surface area (Å²) < 4.78 is 35.1. The maximum absolute atomic E-state index is 11.7. The molecule has 0 heterocycles. The number of nitrogens with one attached hydrogen (secondary N) is 1. The number of carbonyl (C=O) groups is 1. The van der Waals surface area contributed by atoms with Gasteiger partial charge in [0.25, 0.3) is 0 Å². The minimum Gasteiger partial charge on any atom is -0.396 e. The molecule has 90 valence electrons. The van der Waals surface area contributed by atoms with Crippen molar-refractivity contribution in [3.05, 3.63) is 0 Å². The van der Waals surface area contributed by atoms with E-state index in [9.17, 15) is 18.0 Å². The van der Waals surface area contributed by atoms with Crippen LogP contribution in [0.2, 0.25) is 0 Å². The summed E-state index contributed by atoms with van der Waals surface area (Å²) in [6, 6.07) is 0. The van der Waals surface area contributed by atoms with E-state index >= 15 is 0 Å². The number of amides is 1. The van der Waals surface area contributed by atoms with Crippen LogP contribution in [0.1, 0.15) is 32.1 Å². The number of rotatable bonds is 7. The highest BCUT2D eigenvalue weighted by Gasteiger charge is 2.30. The van der Waals surface area contributed by atoms with E-state index in [1.807, 2.05) is 0 Å². The number of halogens is 3. The summed E-state index contributed by atoms with van der Waals surface area (Å²) >= 11 is 0. The van der Waals surface area contributed by atoms with Crippen LogP contribution in [0.5, 0.6) is 0 Å². The number of aliphatic hydroxyl groups is 1. The normalized spacial score (nSPS) is 11.5. The molecule has 0 bridgehead atoms. The van der Waals surface area contributed by atoms with Crippen LogP contribution >= 0.6 is 0 Å². The zero-order valence-corrected chi connectivity index (χ0v) is 8.44. The van der Waals surface area contributed by atoms with Crippen LogP contribution in [-0.2, 0) is 4.79 Å². The highest BCUT2D eigenvalue weighted by Crippen LogP contribution is 2.18. The Labute approximate surface area is 86.7 Å². The summed E-state index contributed by atoms with van der Waals surface area (Å²) in [6.07, 6.45) is -2.89. The molecule has 0 spiro atoms. The minimum atomic E-state index is -4.43.